The second-order valence-corrected chi connectivity index (χ2v) is 8.37. The topological polar surface area (TPSA) is 75.7 Å². The lowest BCUT2D eigenvalue weighted by molar-refractivity contribution is -0.150. The van der Waals surface area contributed by atoms with E-state index in [1.807, 2.05) is 72.8 Å². The van der Waals surface area contributed by atoms with Crippen LogP contribution in [0, 0.1) is 0 Å². The van der Waals surface area contributed by atoms with Gasteiger partial charge in [0.25, 0.3) is 5.91 Å². The first kappa shape index (κ1) is 23.2. The van der Waals surface area contributed by atoms with E-state index in [0.29, 0.717) is 18.5 Å². The SMILES string of the molecule is O=C(CN1CCCCC(NC(=O)c2ccc(-c3ccccc3)cc2)C1=O)OCc1ccccc1. The highest BCUT2D eigenvalue weighted by Gasteiger charge is 2.30. The highest BCUT2D eigenvalue weighted by atomic mass is 16.5. The molecular formula is C28H28N2O4. The molecule has 0 radical (unpaired) electrons. The predicted octanol–water partition coefficient (Wildman–Crippen LogP) is 4.21. The number of nitrogens with one attached hydrogen (secondary N) is 1. The largest absolute Gasteiger partial charge is 0.459 e. The minimum atomic E-state index is -0.661. The molecule has 0 aliphatic carbocycles. The van der Waals surface area contributed by atoms with Crippen molar-refractivity contribution >= 4 is 17.8 Å². The van der Waals surface area contributed by atoms with Crippen molar-refractivity contribution in [2.24, 2.45) is 0 Å². The van der Waals surface area contributed by atoms with Gasteiger partial charge in [0.05, 0.1) is 0 Å². The van der Waals surface area contributed by atoms with E-state index in [1.54, 1.807) is 12.1 Å². The number of nitrogens with zero attached hydrogens (tertiary/aromatic N) is 1. The van der Waals surface area contributed by atoms with Gasteiger partial charge < -0.3 is 15.0 Å². The van der Waals surface area contributed by atoms with Crippen molar-refractivity contribution in [1.82, 2.24) is 10.2 Å². The average molecular weight is 457 g/mol. The van der Waals surface area contributed by atoms with Crippen molar-refractivity contribution < 1.29 is 19.1 Å². The lowest BCUT2D eigenvalue weighted by Gasteiger charge is -2.24. The van der Waals surface area contributed by atoms with Gasteiger partial charge in [0.15, 0.2) is 0 Å². The number of likely N-dealkylation sites (tertiary alicyclic amines) is 1. The maximum absolute atomic E-state index is 13.1. The fraction of sp³-hybridized carbons (Fsp3) is 0.250. The molecular weight excluding hydrogens is 428 g/mol. The van der Waals surface area contributed by atoms with E-state index in [9.17, 15) is 14.4 Å². The van der Waals surface area contributed by atoms with E-state index in [2.05, 4.69) is 5.32 Å². The van der Waals surface area contributed by atoms with Gasteiger partial charge in [-0.3, -0.25) is 14.4 Å². The van der Waals surface area contributed by atoms with Crippen LogP contribution < -0.4 is 5.32 Å². The molecule has 1 unspecified atom stereocenters. The fourth-order valence-electron chi connectivity index (χ4n) is 4.02. The summed E-state index contributed by atoms with van der Waals surface area (Å²) < 4.78 is 5.33. The van der Waals surface area contributed by atoms with Crippen molar-refractivity contribution in [3.8, 4) is 11.1 Å². The Kier molecular flexibility index (Phi) is 7.71. The van der Waals surface area contributed by atoms with Crippen LogP contribution in [-0.2, 0) is 20.9 Å². The number of esters is 1. The maximum atomic E-state index is 13.1. The van der Waals surface area contributed by atoms with Crippen LogP contribution in [0.4, 0.5) is 0 Å². The Hall–Kier alpha value is -3.93. The number of hydrogen-bond donors (Lipinski definition) is 1. The third kappa shape index (κ3) is 6.10. The van der Waals surface area contributed by atoms with Gasteiger partial charge in [-0.15, -0.1) is 0 Å². The summed E-state index contributed by atoms with van der Waals surface area (Å²) in [5.41, 5.74) is 3.47. The van der Waals surface area contributed by atoms with E-state index in [-0.39, 0.29) is 25.0 Å². The minimum absolute atomic E-state index is 0.121. The number of carbonyl (C=O) groups is 3. The van der Waals surface area contributed by atoms with Crippen LogP contribution in [0.3, 0.4) is 0 Å². The molecule has 3 aromatic carbocycles. The molecule has 0 spiro atoms. The first-order chi connectivity index (χ1) is 16.6. The molecule has 1 heterocycles. The molecule has 1 N–H and O–H groups in total. The zero-order chi connectivity index (χ0) is 23.8. The summed E-state index contributed by atoms with van der Waals surface area (Å²) in [5.74, 6) is -1.00. The van der Waals surface area contributed by atoms with Crippen molar-refractivity contribution in [3.63, 3.8) is 0 Å². The molecule has 1 aliphatic rings. The van der Waals surface area contributed by atoms with Gasteiger partial charge in [-0.05, 0) is 48.1 Å². The van der Waals surface area contributed by atoms with Crippen LogP contribution >= 0.6 is 0 Å². The van der Waals surface area contributed by atoms with Crippen LogP contribution in [0.15, 0.2) is 84.9 Å². The molecule has 0 bridgehead atoms. The van der Waals surface area contributed by atoms with Gasteiger partial charge in [-0.1, -0.05) is 72.8 Å². The quantitative estimate of drug-likeness (QED) is 0.541. The number of benzene rings is 3. The third-order valence-corrected chi connectivity index (χ3v) is 5.90. The van der Waals surface area contributed by atoms with Crippen LogP contribution in [0.5, 0.6) is 0 Å². The molecule has 34 heavy (non-hydrogen) atoms. The zero-order valence-corrected chi connectivity index (χ0v) is 19.0. The molecule has 1 saturated heterocycles. The van der Waals surface area contributed by atoms with Gasteiger partial charge >= 0.3 is 5.97 Å². The maximum Gasteiger partial charge on any atom is 0.325 e. The molecule has 2 amide bonds. The lowest BCUT2D eigenvalue weighted by atomic mass is 10.0. The molecule has 0 saturated carbocycles. The summed E-state index contributed by atoms with van der Waals surface area (Å²) in [6.45, 7) is 0.516. The Bertz CT molecular complexity index is 1110. The van der Waals surface area contributed by atoms with Crippen molar-refractivity contribution in [3.05, 3.63) is 96.1 Å². The molecule has 6 heteroatoms. The standard InChI is InChI=1S/C28H28N2O4/c31-26(34-20-21-9-3-1-4-10-21)19-30-18-8-7-13-25(28(30)33)29-27(32)24-16-14-23(15-17-24)22-11-5-2-6-12-22/h1-6,9-12,14-17,25H,7-8,13,18-20H2,(H,29,32). The summed E-state index contributed by atoms with van der Waals surface area (Å²) in [7, 11) is 0. The first-order valence-electron chi connectivity index (χ1n) is 11.5. The monoisotopic (exact) mass is 456 g/mol. The molecule has 1 fully saturated rings. The van der Waals surface area contributed by atoms with Crippen LogP contribution in [0.1, 0.15) is 35.2 Å². The molecule has 6 nitrogen and oxygen atoms in total. The third-order valence-electron chi connectivity index (χ3n) is 5.90. The lowest BCUT2D eigenvalue weighted by Crippen LogP contribution is -2.48. The number of carbonyl (C=O) groups excluding carboxylic acids is 3. The summed E-state index contributed by atoms with van der Waals surface area (Å²) in [6, 6.07) is 26.0. The summed E-state index contributed by atoms with van der Waals surface area (Å²) >= 11 is 0. The molecule has 0 aromatic heterocycles. The fourth-order valence-corrected chi connectivity index (χ4v) is 4.02. The van der Waals surface area contributed by atoms with Crippen molar-refractivity contribution in [2.75, 3.05) is 13.1 Å². The average Bonchev–Trinajstić information content (AvgIpc) is 3.05. The van der Waals surface area contributed by atoms with Gasteiger partial charge in [-0.2, -0.15) is 0 Å². The molecule has 174 valence electrons. The molecule has 1 atom stereocenters. The predicted molar refractivity (Wildman–Crippen MR) is 130 cm³/mol. The molecule has 4 rings (SSSR count). The minimum Gasteiger partial charge on any atom is -0.459 e. The Labute approximate surface area is 199 Å². The normalized spacial score (nSPS) is 15.9. The highest BCUT2D eigenvalue weighted by molar-refractivity contribution is 5.98. The van der Waals surface area contributed by atoms with E-state index < -0.39 is 12.0 Å². The summed E-state index contributed by atoms with van der Waals surface area (Å²) in [5, 5.41) is 2.86. The van der Waals surface area contributed by atoms with Crippen LogP contribution in [-0.4, -0.2) is 41.8 Å². The highest BCUT2D eigenvalue weighted by Crippen LogP contribution is 2.20. The van der Waals surface area contributed by atoms with E-state index in [4.69, 9.17) is 4.74 Å². The van der Waals surface area contributed by atoms with Crippen LogP contribution in [0.25, 0.3) is 11.1 Å². The second-order valence-electron chi connectivity index (χ2n) is 8.37. The van der Waals surface area contributed by atoms with Gasteiger partial charge in [-0.25, -0.2) is 0 Å². The molecule has 3 aromatic rings. The van der Waals surface area contributed by atoms with E-state index in [1.165, 1.54) is 4.90 Å². The zero-order valence-electron chi connectivity index (χ0n) is 19.0. The number of hydrogen-bond acceptors (Lipinski definition) is 4. The van der Waals surface area contributed by atoms with Gasteiger partial charge in [0.1, 0.15) is 19.2 Å². The first-order valence-corrected chi connectivity index (χ1v) is 11.5. The molecule has 1 aliphatic heterocycles. The Morgan fingerprint density at radius 2 is 1.50 bits per heavy atom. The smallest absolute Gasteiger partial charge is 0.325 e. The number of amides is 2. The Morgan fingerprint density at radius 1 is 0.853 bits per heavy atom. The van der Waals surface area contributed by atoms with Crippen molar-refractivity contribution in [1.29, 1.82) is 0 Å². The van der Waals surface area contributed by atoms with Crippen LogP contribution in [0.2, 0.25) is 0 Å². The number of rotatable bonds is 7. The van der Waals surface area contributed by atoms with Gasteiger partial charge in [0, 0.05) is 12.1 Å². The second kappa shape index (κ2) is 11.3. The summed E-state index contributed by atoms with van der Waals surface area (Å²) in [6.07, 6.45) is 2.11. The van der Waals surface area contributed by atoms with Gasteiger partial charge in [0.2, 0.25) is 5.91 Å². The van der Waals surface area contributed by atoms with Crippen molar-refractivity contribution in [2.45, 2.75) is 31.9 Å². The number of ether oxygens (including phenoxy) is 1. The summed E-state index contributed by atoms with van der Waals surface area (Å²) in [4.78, 5) is 39.7. The Morgan fingerprint density at radius 3 is 2.21 bits per heavy atom. The van der Waals surface area contributed by atoms with E-state index in [0.717, 1.165) is 29.5 Å². The van der Waals surface area contributed by atoms with E-state index >= 15 is 0 Å². The Balaban J connectivity index is 1.34.